The molecule has 4 amide bonds. The van der Waals surface area contributed by atoms with Crippen molar-refractivity contribution in [2.24, 2.45) is 0 Å². The summed E-state index contributed by atoms with van der Waals surface area (Å²) in [6.07, 6.45) is -0.196. The van der Waals surface area contributed by atoms with Gasteiger partial charge >= 0.3 is 12.0 Å². The van der Waals surface area contributed by atoms with Crippen molar-refractivity contribution >= 4 is 46.5 Å². The van der Waals surface area contributed by atoms with Crippen LogP contribution in [0.4, 0.5) is 16.2 Å². The minimum atomic E-state index is -0.936. The van der Waals surface area contributed by atoms with E-state index in [9.17, 15) is 19.2 Å². The fourth-order valence-electron chi connectivity index (χ4n) is 3.59. The van der Waals surface area contributed by atoms with Crippen LogP contribution in [0, 0.1) is 0 Å². The number of amides is 4. The monoisotopic (exact) mass is 463 g/mol. The molecule has 1 fully saturated rings. The Morgan fingerprint density at radius 1 is 1.00 bits per heavy atom. The van der Waals surface area contributed by atoms with Crippen molar-refractivity contribution in [1.82, 2.24) is 4.90 Å². The van der Waals surface area contributed by atoms with E-state index in [0.29, 0.717) is 16.9 Å². The highest BCUT2D eigenvalue weighted by atomic mass is 32.1. The van der Waals surface area contributed by atoms with Gasteiger partial charge in [0, 0.05) is 10.6 Å². The topological polar surface area (TPSA) is 96.0 Å². The second kappa shape index (κ2) is 9.66. The molecule has 1 saturated heterocycles. The zero-order valence-corrected chi connectivity index (χ0v) is 18.6. The van der Waals surface area contributed by atoms with Gasteiger partial charge in [0.15, 0.2) is 0 Å². The Balaban J connectivity index is 1.52. The van der Waals surface area contributed by atoms with Crippen LogP contribution in [0.1, 0.15) is 21.7 Å². The van der Waals surface area contributed by atoms with Crippen LogP contribution in [0.15, 0.2) is 72.1 Å². The summed E-state index contributed by atoms with van der Waals surface area (Å²) in [6.45, 7) is 0.233. The van der Waals surface area contributed by atoms with Gasteiger partial charge in [0.25, 0.3) is 5.91 Å². The highest BCUT2D eigenvalue weighted by Gasteiger charge is 2.46. The molecule has 0 saturated carbocycles. The molecule has 4 rings (SSSR count). The molecule has 1 N–H and O–H groups in total. The number of rotatable bonds is 7. The number of nitrogens with one attached hydrogen (secondary N) is 1. The molecule has 1 atom stereocenters. The summed E-state index contributed by atoms with van der Waals surface area (Å²) in [5.41, 5.74) is 1.28. The van der Waals surface area contributed by atoms with E-state index in [2.05, 4.69) is 10.1 Å². The van der Waals surface area contributed by atoms with Crippen LogP contribution in [0.3, 0.4) is 0 Å². The maximum atomic E-state index is 13.2. The number of nitrogens with zero attached hydrogens (tertiary/aromatic N) is 2. The summed E-state index contributed by atoms with van der Waals surface area (Å²) in [4.78, 5) is 54.2. The molecule has 2 heterocycles. The van der Waals surface area contributed by atoms with Crippen LogP contribution in [0.2, 0.25) is 0 Å². The van der Waals surface area contributed by atoms with Crippen LogP contribution in [0.25, 0.3) is 0 Å². The minimum absolute atomic E-state index is 0.196. The summed E-state index contributed by atoms with van der Waals surface area (Å²) in [6, 6.07) is 17.2. The Hall–Kier alpha value is -3.98. The van der Waals surface area contributed by atoms with Gasteiger partial charge in [0.2, 0.25) is 5.91 Å². The maximum absolute atomic E-state index is 13.2. The number of thiophene rings is 1. The molecule has 33 heavy (non-hydrogen) atoms. The molecule has 3 aromatic rings. The molecule has 168 valence electrons. The number of hydrogen-bond acceptors (Lipinski definition) is 6. The molecular formula is C24H21N3O5S. The van der Waals surface area contributed by atoms with Crippen LogP contribution in [-0.4, -0.2) is 41.9 Å². The highest BCUT2D eigenvalue weighted by molar-refractivity contribution is 7.09. The molecule has 0 spiro atoms. The normalized spacial score (nSPS) is 15.6. The molecule has 0 aliphatic carbocycles. The average molecular weight is 464 g/mol. The van der Waals surface area contributed by atoms with Gasteiger partial charge in [0.1, 0.15) is 6.04 Å². The molecular weight excluding hydrogens is 442 g/mol. The number of imide groups is 1. The first-order valence-electron chi connectivity index (χ1n) is 10.2. The second-order valence-corrected chi connectivity index (χ2v) is 8.37. The van der Waals surface area contributed by atoms with Crippen LogP contribution in [-0.2, 0) is 20.9 Å². The predicted molar refractivity (Wildman–Crippen MR) is 124 cm³/mol. The first-order chi connectivity index (χ1) is 16.0. The first-order valence-corrected chi connectivity index (χ1v) is 11.1. The number of benzene rings is 2. The molecule has 1 aliphatic rings. The summed E-state index contributed by atoms with van der Waals surface area (Å²) >= 11 is 1.48. The number of carbonyl (C=O) groups excluding carboxylic acids is 4. The standard InChI is InChI=1S/C24H21N3O5S/c1-32-23(30)16-9-11-17(12-10-16)25-21(28)14-20-22(29)27(18-6-3-2-4-7-18)24(31)26(20)15-19-8-5-13-33-19/h2-13,20H,14-15H2,1H3,(H,25,28)/t20-/m0/s1. The van der Waals surface area contributed by atoms with Crippen LogP contribution >= 0.6 is 11.3 Å². The number of esters is 1. The first kappa shape index (κ1) is 22.2. The fraction of sp³-hybridized carbons (Fsp3) is 0.167. The largest absolute Gasteiger partial charge is 0.465 e. The fourth-order valence-corrected chi connectivity index (χ4v) is 4.30. The predicted octanol–water partition coefficient (Wildman–Crippen LogP) is 3.90. The molecule has 0 unspecified atom stereocenters. The third-order valence-electron chi connectivity index (χ3n) is 5.21. The van der Waals surface area contributed by atoms with E-state index in [0.717, 1.165) is 9.78 Å². The summed E-state index contributed by atoms with van der Waals surface area (Å²) in [5.74, 6) is -1.34. The number of ether oxygens (including phenoxy) is 1. The van der Waals surface area contributed by atoms with E-state index in [1.54, 1.807) is 42.5 Å². The Bertz CT molecular complexity index is 1160. The lowest BCUT2D eigenvalue weighted by molar-refractivity contribution is -0.124. The van der Waals surface area contributed by atoms with Crippen molar-refractivity contribution in [2.45, 2.75) is 19.0 Å². The summed E-state index contributed by atoms with van der Waals surface area (Å²) in [7, 11) is 1.29. The lowest BCUT2D eigenvalue weighted by Crippen LogP contribution is -2.37. The quantitative estimate of drug-likeness (QED) is 0.424. The van der Waals surface area contributed by atoms with Crippen molar-refractivity contribution in [3.8, 4) is 0 Å². The van der Waals surface area contributed by atoms with Crippen molar-refractivity contribution < 1.29 is 23.9 Å². The van der Waals surface area contributed by atoms with Crippen molar-refractivity contribution in [3.63, 3.8) is 0 Å². The van der Waals surface area contributed by atoms with Crippen molar-refractivity contribution in [2.75, 3.05) is 17.3 Å². The number of para-hydroxylation sites is 1. The van der Waals surface area contributed by atoms with Crippen LogP contribution in [0.5, 0.6) is 0 Å². The summed E-state index contributed by atoms with van der Waals surface area (Å²) in [5, 5.41) is 4.62. The zero-order chi connectivity index (χ0) is 23.4. The lowest BCUT2D eigenvalue weighted by Gasteiger charge is -2.21. The Morgan fingerprint density at radius 2 is 1.73 bits per heavy atom. The lowest BCUT2D eigenvalue weighted by atomic mass is 10.1. The van der Waals surface area contributed by atoms with Gasteiger partial charge in [-0.1, -0.05) is 24.3 Å². The van der Waals surface area contributed by atoms with E-state index in [4.69, 9.17) is 0 Å². The van der Waals surface area contributed by atoms with Gasteiger partial charge in [-0.25, -0.2) is 14.5 Å². The number of methoxy groups -OCH3 is 1. The Kier molecular flexibility index (Phi) is 6.50. The Morgan fingerprint density at radius 3 is 2.36 bits per heavy atom. The van der Waals surface area contributed by atoms with Gasteiger partial charge in [-0.3, -0.25) is 9.59 Å². The zero-order valence-electron chi connectivity index (χ0n) is 17.8. The van der Waals surface area contributed by atoms with Crippen molar-refractivity contribution in [1.29, 1.82) is 0 Å². The van der Waals surface area contributed by atoms with E-state index in [1.165, 1.54) is 35.5 Å². The van der Waals surface area contributed by atoms with Gasteiger partial charge in [-0.05, 0) is 47.8 Å². The number of anilines is 2. The third-order valence-corrected chi connectivity index (χ3v) is 6.07. The number of carbonyl (C=O) groups is 4. The molecule has 1 aromatic heterocycles. The van der Waals surface area contributed by atoms with E-state index >= 15 is 0 Å². The second-order valence-electron chi connectivity index (χ2n) is 7.34. The highest BCUT2D eigenvalue weighted by Crippen LogP contribution is 2.29. The van der Waals surface area contributed by atoms with E-state index in [1.807, 2.05) is 17.5 Å². The molecule has 2 aromatic carbocycles. The molecule has 0 radical (unpaired) electrons. The van der Waals surface area contributed by atoms with Gasteiger partial charge in [0.05, 0.1) is 31.3 Å². The third kappa shape index (κ3) is 4.78. The van der Waals surface area contributed by atoms with Crippen molar-refractivity contribution in [3.05, 3.63) is 82.6 Å². The van der Waals surface area contributed by atoms with E-state index < -0.39 is 29.9 Å². The smallest absolute Gasteiger partial charge is 0.337 e. The maximum Gasteiger partial charge on any atom is 0.337 e. The molecule has 9 heteroatoms. The van der Waals surface area contributed by atoms with Gasteiger partial charge in [-0.2, -0.15) is 0 Å². The average Bonchev–Trinajstić information content (AvgIpc) is 3.42. The number of hydrogen-bond donors (Lipinski definition) is 1. The van der Waals surface area contributed by atoms with Crippen LogP contribution < -0.4 is 10.2 Å². The minimum Gasteiger partial charge on any atom is -0.465 e. The van der Waals surface area contributed by atoms with E-state index in [-0.39, 0.29) is 13.0 Å². The summed E-state index contributed by atoms with van der Waals surface area (Å²) < 4.78 is 4.66. The van der Waals surface area contributed by atoms with Gasteiger partial charge in [-0.15, -0.1) is 11.3 Å². The molecule has 8 nitrogen and oxygen atoms in total. The SMILES string of the molecule is COC(=O)c1ccc(NC(=O)C[C@H]2C(=O)N(c3ccccc3)C(=O)N2Cc2cccs2)cc1. The Labute approximate surface area is 194 Å². The number of urea groups is 1. The molecule has 1 aliphatic heterocycles. The molecule has 0 bridgehead atoms. The van der Waals surface area contributed by atoms with Gasteiger partial charge < -0.3 is 15.0 Å².